The van der Waals surface area contributed by atoms with Crippen LogP contribution in [0.15, 0.2) is 97.6 Å². The van der Waals surface area contributed by atoms with Gasteiger partial charge in [0.15, 0.2) is 0 Å². The van der Waals surface area contributed by atoms with Gasteiger partial charge in [0, 0.05) is 12.0 Å². The zero-order valence-corrected chi connectivity index (χ0v) is 18.3. The Balaban J connectivity index is 1.47. The quantitative estimate of drug-likeness (QED) is 0.440. The molecule has 0 aliphatic carbocycles. The number of hydrogen-bond acceptors (Lipinski definition) is 4. The average Bonchev–Trinajstić information content (AvgIpc) is 3.40. The zero-order valence-electron chi connectivity index (χ0n) is 18.3. The number of nitrogens with one attached hydrogen (secondary N) is 2. The first-order valence-corrected chi connectivity index (χ1v) is 10.8. The molecule has 0 saturated heterocycles. The number of aromatic nitrogens is 3. The zero-order chi connectivity index (χ0) is 23.0. The number of amides is 2. The molecule has 2 N–H and O–H groups in total. The Morgan fingerprint density at radius 1 is 0.879 bits per heavy atom. The minimum Gasteiger partial charge on any atom is -0.348 e. The van der Waals surface area contributed by atoms with Gasteiger partial charge in [-0.15, -0.1) is 0 Å². The summed E-state index contributed by atoms with van der Waals surface area (Å²) in [5.74, 6) is -0.521. The third kappa shape index (κ3) is 5.71. The van der Waals surface area contributed by atoms with Crippen molar-refractivity contribution in [3.8, 4) is 5.69 Å². The maximum Gasteiger partial charge on any atom is 0.251 e. The molecule has 7 nitrogen and oxygen atoms in total. The number of benzene rings is 3. The first kappa shape index (κ1) is 22.0. The Hall–Kier alpha value is -4.26. The van der Waals surface area contributed by atoms with Crippen LogP contribution in [0.2, 0.25) is 0 Å². The first-order chi connectivity index (χ1) is 16.1. The van der Waals surface area contributed by atoms with Crippen LogP contribution in [0, 0.1) is 0 Å². The number of carbonyl (C=O) groups excluding carboxylic acids is 2. The summed E-state index contributed by atoms with van der Waals surface area (Å²) in [6.45, 7) is 1.92. The molecule has 2 amide bonds. The van der Waals surface area contributed by atoms with E-state index in [0.29, 0.717) is 12.0 Å². The third-order valence-corrected chi connectivity index (χ3v) is 5.38. The second-order valence-electron chi connectivity index (χ2n) is 7.74. The van der Waals surface area contributed by atoms with Crippen LogP contribution in [0.5, 0.6) is 0 Å². The summed E-state index contributed by atoms with van der Waals surface area (Å²) >= 11 is 0. The SMILES string of the molecule is C[C@@H](NC(=O)[C@H](Cc1ccccc1)NC(=O)c1ccccc1)c1ccc(-n2cncn2)cc1. The smallest absolute Gasteiger partial charge is 0.251 e. The summed E-state index contributed by atoms with van der Waals surface area (Å²) in [7, 11) is 0. The summed E-state index contributed by atoms with van der Waals surface area (Å²) in [4.78, 5) is 29.9. The van der Waals surface area contributed by atoms with E-state index in [9.17, 15) is 9.59 Å². The Morgan fingerprint density at radius 2 is 1.55 bits per heavy atom. The lowest BCUT2D eigenvalue weighted by molar-refractivity contribution is -0.123. The van der Waals surface area contributed by atoms with Gasteiger partial charge in [-0.25, -0.2) is 9.67 Å². The van der Waals surface area contributed by atoms with Gasteiger partial charge in [-0.3, -0.25) is 9.59 Å². The predicted octanol–water partition coefficient (Wildman–Crippen LogP) is 3.49. The lowest BCUT2D eigenvalue weighted by atomic mass is 10.0. The van der Waals surface area contributed by atoms with Gasteiger partial charge in [0.1, 0.15) is 18.7 Å². The molecule has 166 valence electrons. The molecule has 0 aliphatic rings. The van der Waals surface area contributed by atoms with Gasteiger partial charge >= 0.3 is 0 Å². The number of carbonyl (C=O) groups is 2. The normalized spacial score (nSPS) is 12.5. The van der Waals surface area contributed by atoms with E-state index in [4.69, 9.17) is 0 Å². The molecule has 3 aromatic carbocycles. The molecule has 4 aromatic rings. The van der Waals surface area contributed by atoms with Crippen molar-refractivity contribution in [2.75, 3.05) is 0 Å². The number of rotatable bonds is 8. The average molecular weight is 440 g/mol. The maximum absolute atomic E-state index is 13.2. The van der Waals surface area contributed by atoms with E-state index in [1.54, 1.807) is 35.3 Å². The molecule has 0 unspecified atom stereocenters. The molecule has 0 spiro atoms. The lowest BCUT2D eigenvalue weighted by Gasteiger charge is -2.22. The van der Waals surface area contributed by atoms with Gasteiger partial charge in [0.2, 0.25) is 5.91 Å². The van der Waals surface area contributed by atoms with E-state index in [-0.39, 0.29) is 17.9 Å². The molecular weight excluding hydrogens is 414 g/mol. The highest BCUT2D eigenvalue weighted by atomic mass is 16.2. The van der Waals surface area contributed by atoms with Gasteiger partial charge in [0.25, 0.3) is 5.91 Å². The van der Waals surface area contributed by atoms with E-state index in [0.717, 1.165) is 16.8 Å². The van der Waals surface area contributed by atoms with E-state index in [1.807, 2.05) is 67.6 Å². The molecule has 0 fully saturated rings. The third-order valence-electron chi connectivity index (χ3n) is 5.38. The Kier molecular flexibility index (Phi) is 6.90. The van der Waals surface area contributed by atoms with Gasteiger partial charge in [0.05, 0.1) is 11.7 Å². The Bertz CT molecular complexity index is 1180. The largest absolute Gasteiger partial charge is 0.348 e. The van der Waals surface area contributed by atoms with Gasteiger partial charge in [-0.05, 0) is 42.3 Å². The fourth-order valence-corrected chi connectivity index (χ4v) is 3.54. The van der Waals surface area contributed by atoms with Crippen molar-refractivity contribution < 1.29 is 9.59 Å². The Labute approximate surface area is 192 Å². The number of nitrogens with zero attached hydrogens (tertiary/aromatic N) is 3. The minimum absolute atomic E-state index is 0.240. The maximum atomic E-state index is 13.2. The van der Waals surface area contributed by atoms with Crippen molar-refractivity contribution in [2.24, 2.45) is 0 Å². The summed E-state index contributed by atoms with van der Waals surface area (Å²) in [5, 5.41) is 10.1. The van der Waals surface area contributed by atoms with Crippen LogP contribution in [0.1, 0.15) is 34.5 Å². The van der Waals surface area contributed by atoms with E-state index < -0.39 is 6.04 Å². The molecule has 2 atom stereocenters. The van der Waals surface area contributed by atoms with Crippen LogP contribution < -0.4 is 10.6 Å². The van der Waals surface area contributed by atoms with E-state index >= 15 is 0 Å². The number of hydrogen-bond donors (Lipinski definition) is 2. The topological polar surface area (TPSA) is 88.9 Å². The standard InChI is InChI=1S/C26H25N5O2/c1-19(21-12-14-23(15-13-21)31-18-27-17-28-31)29-26(33)24(16-20-8-4-2-5-9-20)30-25(32)22-10-6-3-7-11-22/h2-15,17-19,24H,16H2,1H3,(H,29,33)(H,30,32)/t19-,24+/m1/s1. The molecule has 7 heteroatoms. The van der Waals surface area contributed by atoms with Gasteiger partial charge < -0.3 is 10.6 Å². The highest BCUT2D eigenvalue weighted by molar-refractivity contribution is 5.97. The molecule has 0 aliphatic heterocycles. The monoisotopic (exact) mass is 439 g/mol. The highest BCUT2D eigenvalue weighted by Crippen LogP contribution is 2.16. The van der Waals surface area contributed by atoms with Gasteiger partial charge in [-0.1, -0.05) is 60.7 Å². The fraction of sp³-hybridized carbons (Fsp3) is 0.154. The van der Waals surface area contributed by atoms with Crippen molar-refractivity contribution >= 4 is 11.8 Å². The summed E-state index contributed by atoms with van der Waals surface area (Å²) in [5.41, 5.74) is 3.31. The molecular formula is C26H25N5O2. The first-order valence-electron chi connectivity index (χ1n) is 10.8. The second kappa shape index (κ2) is 10.4. The molecule has 4 rings (SSSR count). The summed E-state index contributed by atoms with van der Waals surface area (Å²) < 4.78 is 1.67. The van der Waals surface area contributed by atoms with Crippen LogP contribution in [0.25, 0.3) is 5.69 Å². The van der Waals surface area contributed by atoms with Crippen LogP contribution in [0.4, 0.5) is 0 Å². The van der Waals surface area contributed by atoms with Crippen molar-refractivity contribution in [1.82, 2.24) is 25.4 Å². The van der Waals surface area contributed by atoms with Crippen molar-refractivity contribution in [2.45, 2.75) is 25.4 Å². The molecule has 0 bridgehead atoms. The van der Waals surface area contributed by atoms with Crippen molar-refractivity contribution in [3.05, 3.63) is 114 Å². The molecule has 1 aromatic heterocycles. The highest BCUT2D eigenvalue weighted by Gasteiger charge is 2.23. The lowest BCUT2D eigenvalue weighted by Crippen LogP contribution is -2.48. The van der Waals surface area contributed by atoms with Crippen LogP contribution in [-0.2, 0) is 11.2 Å². The van der Waals surface area contributed by atoms with Crippen molar-refractivity contribution in [3.63, 3.8) is 0 Å². The minimum atomic E-state index is -0.711. The second-order valence-corrected chi connectivity index (χ2v) is 7.74. The summed E-state index contributed by atoms with van der Waals surface area (Å²) in [6, 6.07) is 25.3. The Morgan fingerprint density at radius 3 is 2.18 bits per heavy atom. The molecule has 0 radical (unpaired) electrons. The van der Waals surface area contributed by atoms with Crippen molar-refractivity contribution in [1.29, 1.82) is 0 Å². The molecule has 0 saturated carbocycles. The summed E-state index contributed by atoms with van der Waals surface area (Å²) in [6.07, 6.45) is 3.50. The van der Waals surface area contributed by atoms with Crippen LogP contribution in [-0.4, -0.2) is 32.6 Å². The van der Waals surface area contributed by atoms with E-state index in [2.05, 4.69) is 20.7 Å². The van der Waals surface area contributed by atoms with Crippen LogP contribution in [0.3, 0.4) is 0 Å². The molecule has 33 heavy (non-hydrogen) atoms. The predicted molar refractivity (Wildman–Crippen MR) is 126 cm³/mol. The van der Waals surface area contributed by atoms with E-state index in [1.165, 1.54) is 6.33 Å². The molecule has 1 heterocycles. The fourth-order valence-electron chi connectivity index (χ4n) is 3.54. The van der Waals surface area contributed by atoms with Gasteiger partial charge in [-0.2, -0.15) is 5.10 Å². The van der Waals surface area contributed by atoms with Crippen LogP contribution >= 0.6 is 0 Å².